The van der Waals surface area contributed by atoms with Crippen molar-refractivity contribution in [2.24, 2.45) is 5.41 Å². The minimum absolute atomic E-state index is 0.0533. The number of ketones is 1. The van der Waals surface area contributed by atoms with Crippen molar-refractivity contribution >= 4 is 21.7 Å². The van der Waals surface area contributed by atoms with E-state index in [0.29, 0.717) is 12.2 Å². The van der Waals surface area contributed by atoms with Gasteiger partial charge < -0.3 is 0 Å². The molecule has 1 nitrogen and oxygen atoms in total. The molecule has 0 heterocycles. The Morgan fingerprint density at radius 2 is 2.06 bits per heavy atom. The van der Waals surface area contributed by atoms with E-state index in [2.05, 4.69) is 22.9 Å². The van der Waals surface area contributed by atoms with Crippen LogP contribution in [-0.4, -0.2) is 5.78 Å². The fourth-order valence-electron chi connectivity index (χ4n) is 2.48. The molecule has 0 N–H and O–H groups in total. The van der Waals surface area contributed by atoms with Crippen molar-refractivity contribution in [2.45, 2.75) is 39.0 Å². The second-order valence-electron chi connectivity index (χ2n) is 5.00. The Morgan fingerprint density at radius 1 is 1.38 bits per heavy atom. The first-order valence-electron chi connectivity index (χ1n) is 5.88. The molecule has 0 amide bonds. The van der Waals surface area contributed by atoms with E-state index in [0.717, 1.165) is 22.9 Å². The van der Waals surface area contributed by atoms with Crippen LogP contribution >= 0.6 is 15.9 Å². The summed E-state index contributed by atoms with van der Waals surface area (Å²) in [5, 5.41) is 0. The zero-order valence-electron chi connectivity index (χ0n) is 9.63. The third-order valence-electron chi connectivity index (χ3n) is 3.63. The Kier molecular flexibility index (Phi) is 3.48. The van der Waals surface area contributed by atoms with Crippen LogP contribution < -0.4 is 0 Å². The first kappa shape index (κ1) is 11.8. The van der Waals surface area contributed by atoms with Gasteiger partial charge in [0.15, 0.2) is 0 Å². The van der Waals surface area contributed by atoms with Crippen molar-refractivity contribution in [3.8, 4) is 0 Å². The Hall–Kier alpha value is -0.630. The maximum absolute atomic E-state index is 12.2. The molecule has 1 fully saturated rings. The average molecular weight is 281 g/mol. The molecule has 0 radical (unpaired) electrons. The van der Waals surface area contributed by atoms with Crippen LogP contribution in [0.2, 0.25) is 0 Å². The van der Waals surface area contributed by atoms with Crippen molar-refractivity contribution < 1.29 is 4.79 Å². The van der Waals surface area contributed by atoms with Crippen LogP contribution in [0.1, 0.15) is 38.2 Å². The number of hydrogen-bond acceptors (Lipinski definition) is 1. The molecular weight excluding hydrogens is 264 g/mol. The van der Waals surface area contributed by atoms with Crippen LogP contribution in [0.4, 0.5) is 0 Å². The summed E-state index contributed by atoms with van der Waals surface area (Å²) in [5.74, 6) is 0.406. The van der Waals surface area contributed by atoms with Gasteiger partial charge >= 0.3 is 0 Å². The highest BCUT2D eigenvalue weighted by Gasteiger charge is 2.35. The molecule has 2 heteroatoms. The second-order valence-corrected chi connectivity index (χ2v) is 5.91. The number of benzene rings is 1. The highest BCUT2D eigenvalue weighted by Crippen LogP contribution is 2.39. The van der Waals surface area contributed by atoms with Gasteiger partial charge in [0.2, 0.25) is 0 Å². The Balaban J connectivity index is 2.07. The molecule has 0 bridgehead atoms. The fourth-order valence-corrected chi connectivity index (χ4v) is 2.93. The lowest BCUT2D eigenvalue weighted by molar-refractivity contribution is -0.126. The van der Waals surface area contributed by atoms with E-state index in [9.17, 15) is 4.79 Å². The van der Waals surface area contributed by atoms with E-state index in [1.165, 1.54) is 12.8 Å². The summed E-state index contributed by atoms with van der Waals surface area (Å²) < 4.78 is 1.05. The van der Waals surface area contributed by atoms with Gasteiger partial charge in [0, 0.05) is 16.3 Å². The lowest BCUT2D eigenvalue weighted by atomic mass is 9.81. The lowest BCUT2D eigenvalue weighted by Crippen LogP contribution is -2.25. The number of hydrogen-bond donors (Lipinski definition) is 0. The largest absolute Gasteiger partial charge is 0.299 e. The first-order valence-corrected chi connectivity index (χ1v) is 6.67. The third kappa shape index (κ3) is 2.54. The van der Waals surface area contributed by atoms with Gasteiger partial charge in [-0.3, -0.25) is 4.79 Å². The molecule has 16 heavy (non-hydrogen) atoms. The normalized spacial score (nSPS) is 18.6. The van der Waals surface area contributed by atoms with Gasteiger partial charge in [-0.1, -0.05) is 47.8 Å². The van der Waals surface area contributed by atoms with Crippen LogP contribution in [0.25, 0.3) is 0 Å². The predicted octanol–water partition coefficient (Wildman–Crippen LogP) is 4.14. The summed E-state index contributed by atoms with van der Waals surface area (Å²) in [6.07, 6.45) is 5.14. The lowest BCUT2D eigenvalue weighted by Gasteiger charge is -2.21. The van der Waals surface area contributed by atoms with Gasteiger partial charge in [0.1, 0.15) is 5.78 Å². The van der Waals surface area contributed by atoms with E-state index >= 15 is 0 Å². The molecule has 1 aliphatic carbocycles. The molecule has 1 aromatic carbocycles. The summed E-state index contributed by atoms with van der Waals surface area (Å²) in [6.45, 7) is 2.13. The van der Waals surface area contributed by atoms with Crippen molar-refractivity contribution in [3.63, 3.8) is 0 Å². The molecule has 0 aromatic heterocycles. The van der Waals surface area contributed by atoms with Crippen LogP contribution in [0.15, 0.2) is 28.7 Å². The number of carbonyl (C=O) groups is 1. The van der Waals surface area contributed by atoms with E-state index in [-0.39, 0.29) is 5.41 Å². The fraction of sp³-hybridized carbons (Fsp3) is 0.500. The SMILES string of the molecule is CC1(C(=O)Cc2cccc(Br)c2)CCCC1. The average Bonchev–Trinajstić information content (AvgIpc) is 2.66. The molecule has 0 saturated heterocycles. The Bertz CT molecular complexity index is 391. The molecule has 2 rings (SSSR count). The number of halogens is 1. The van der Waals surface area contributed by atoms with Crippen LogP contribution in [0, 0.1) is 5.41 Å². The summed E-state index contributed by atoms with van der Waals surface area (Å²) in [6, 6.07) is 8.05. The van der Waals surface area contributed by atoms with E-state index in [4.69, 9.17) is 0 Å². The summed E-state index contributed by atoms with van der Waals surface area (Å²) in [7, 11) is 0. The zero-order chi connectivity index (χ0) is 11.6. The molecule has 0 spiro atoms. The molecule has 1 aromatic rings. The summed E-state index contributed by atoms with van der Waals surface area (Å²) in [4.78, 5) is 12.2. The first-order chi connectivity index (χ1) is 7.60. The third-order valence-corrected chi connectivity index (χ3v) is 4.13. The minimum atomic E-state index is -0.0533. The van der Waals surface area contributed by atoms with Gasteiger partial charge in [-0.2, -0.15) is 0 Å². The summed E-state index contributed by atoms with van der Waals surface area (Å²) >= 11 is 3.44. The molecule has 1 aliphatic rings. The van der Waals surface area contributed by atoms with Gasteiger partial charge in [0.25, 0.3) is 0 Å². The molecule has 0 aliphatic heterocycles. The van der Waals surface area contributed by atoms with Gasteiger partial charge in [-0.15, -0.1) is 0 Å². The second kappa shape index (κ2) is 4.70. The van der Waals surface area contributed by atoms with Gasteiger partial charge in [-0.25, -0.2) is 0 Å². The zero-order valence-corrected chi connectivity index (χ0v) is 11.2. The van der Waals surface area contributed by atoms with Crippen molar-refractivity contribution in [1.29, 1.82) is 0 Å². The quantitative estimate of drug-likeness (QED) is 0.813. The van der Waals surface area contributed by atoms with Crippen LogP contribution in [0.5, 0.6) is 0 Å². The predicted molar refractivity (Wildman–Crippen MR) is 69.4 cm³/mol. The van der Waals surface area contributed by atoms with Crippen molar-refractivity contribution in [1.82, 2.24) is 0 Å². The smallest absolute Gasteiger partial charge is 0.143 e. The standard InChI is InChI=1S/C14H17BrO/c1-14(7-2-3-8-14)13(16)10-11-5-4-6-12(15)9-11/h4-6,9H,2-3,7-8,10H2,1H3. The van der Waals surface area contributed by atoms with Crippen molar-refractivity contribution in [2.75, 3.05) is 0 Å². The molecule has 0 atom stereocenters. The Morgan fingerprint density at radius 3 is 2.69 bits per heavy atom. The van der Waals surface area contributed by atoms with Crippen molar-refractivity contribution in [3.05, 3.63) is 34.3 Å². The van der Waals surface area contributed by atoms with E-state index in [1.54, 1.807) is 0 Å². The highest BCUT2D eigenvalue weighted by molar-refractivity contribution is 9.10. The summed E-state index contributed by atoms with van der Waals surface area (Å²) in [5.41, 5.74) is 1.06. The van der Waals surface area contributed by atoms with E-state index in [1.807, 2.05) is 24.3 Å². The minimum Gasteiger partial charge on any atom is -0.299 e. The number of Topliss-reactive ketones (excluding diaryl/α,β-unsaturated/α-hetero) is 1. The highest BCUT2D eigenvalue weighted by atomic mass is 79.9. The van der Waals surface area contributed by atoms with Crippen LogP contribution in [-0.2, 0) is 11.2 Å². The molecule has 86 valence electrons. The van der Waals surface area contributed by atoms with Gasteiger partial charge in [-0.05, 0) is 30.5 Å². The van der Waals surface area contributed by atoms with E-state index < -0.39 is 0 Å². The number of rotatable bonds is 3. The molecular formula is C14H17BrO. The van der Waals surface area contributed by atoms with Gasteiger partial charge in [0.05, 0.1) is 0 Å². The monoisotopic (exact) mass is 280 g/mol. The topological polar surface area (TPSA) is 17.1 Å². The maximum atomic E-state index is 12.2. The Labute approximate surface area is 105 Å². The molecule has 0 unspecified atom stereocenters. The number of carbonyl (C=O) groups excluding carboxylic acids is 1. The molecule has 1 saturated carbocycles. The van der Waals surface area contributed by atoms with Crippen LogP contribution in [0.3, 0.4) is 0 Å². The maximum Gasteiger partial charge on any atom is 0.143 e.